The van der Waals surface area contributed by atoms with Gasteiger partial charge in [-0.25, -0.2) is 9.78 Å². The highest BCUT2D eigenvalue weighted by atomic mass is 32.1. The molecule has 28 heavy (non-hydrogen) atoms. The van der Waals surface area contributed by atoms with Crippen LogP contribution >= 0.6 is 11.3 Å². The fourth-order valence-corrected chi connectivity index (χ4v) is 3.83. The summed E-state index contributed by atoms with van der Waals surface area (Å²) in [6.45, 7) is -0.0442. The molecule has 0 fully saturated rings. The van der Waals surface area contributed by atoms with Gasteiger partial charge in [0.15, 0.2) is 5.13 Å². The highest BCUT2D eigenvalue weighted by Crippen LogP contribution is 2.37. The molecule has 2 aromatic heterocycles. The number of aromatic nitrogens is 2. The van der Waals surface area contributed by atoms with Gasteiger partial charge in [-0.15, -0.1) is 0 Å². The molecule has 0 unspecified atom stereocenters. The molecule has 2 N–H and O–H groups in total. The van der Waals surface area contributed by atoms with E-state index < -0.39 is 6.03 Å². The number of pyridine rings is 1. The van der Waals surface area contributed by atoms with Gasteiger partial charge in [-0.05, 0) is 41.3 Å². The van der Waals surface area contributed by atoms with Gasteiger partial charge in [-0.1, -0.05) is 17.4 Å². The summed E-state index contributed by atoms with van der Waals surface area (Å²) in [5.41, 5.74) is 2.72. The molecule has 2 heterocycles. The van der Waals surface area contributed by atoms with Crippen LogP contribution in [0.4, 0.5) is 9.93 Å². The van der Waals surface area contributed by atoms with E-state index >= 15 is 0 Å². The second-order valence-electron chi connectivity index (χ2n) is 5.98. The van der Waals surface area contributed by atoms with Crippen LogP contribution in [0.5, 0.6) is 5.75 Å². The zero-order valence-electron chi connectivity index (χ0n) is 14.9. The molecule has 2 amide bonds. The zero-order chi connectivity index (χ0) is 19.5. The first-order chi connectivity index (χ1) is 13.7. The lowest BCUT2D eigenvalue weighted by atomic mass is 10.0. The second kappa shape index (κ2) is 7.61. The van der Waals surface area contributed by atoms with Crippen molar-refractivity contribution in [3.8, 4) is 16.9 Å². The van der Waals surface area contributed by atoms with Crippen LogP contribution in [0.15, 0.2) is 48.8 Å². The first kappa shape index (κ1) is 17.9. The summed E-state index contributed by atoms with van der Waals surface area (Å²) in [4.78, 5) is 30.6. The number of aldehydes is 1. The fourth-order valence-electron chi connectivity index (χ4n) is 2.93. The van der Waals surface area contributed by atoms with E-state index in [9.17, 15) is 9.59 Å². The average Bonchev–Trinajstić information content (AvgIpc) is 3.12. The molecule has 0 radical (unpaired) electrons. The number of urea groups is 1. The summed E-state index contributed by atoms with van der Waals surface area (Å²) in [7, 11) is 1.65. The average molecular weight is 392 g/mol. The molecular weight excluding hydrogens is 376 g/mol. The van der Waals surface area contributed by atoms with Crippen LogP contribution in [0, 0.1) is 0 Å². The number of nitrogens with one attached hydrogen (secondary N) is 2. The maximum Gasteiger partial charge on any atom is 0.321 e. The number of nitrogens with zero attached hydrogens (tertiary/aromatic N) is 2. The Kier molecular flexibility index (Phi) is 4.86. The Balaban J connectivity index is 1.71. The van der Waals surface area contributed by atoms with Gasteiger partial charge in [0.2, 0.25) is 0 Å². The summed E-state index contributed by atoms with van der Waals surface area (Å²) in [6.07, 6.45) is 4.20. The number of amides is 2. The van der Waals surface area contributed by atoms with Crippen LogP contribution in [0.25, 0.3) is 32.1 Å². The molecule has 8 heteroatoms. The Morgan fingerprint density at radius 3 is 2.93 bits per heavy atom. The summed E-state index contributed by atoms with van der Waals surface area (Å²) >= 11 is 1.36. The van der Waals surface area contributed by atoms with Gasteiger partial charge in [0.25, 0.3) is 0 Å². The van der Waals surface area contributed by atoms with Crippen LogP contribution in [-0.2, 0) is 4.79 Å². The predicted octanol–water partition coefficient (Wildman–Crippen LogP) is 3.84. The SMILES string of the molecule is COc1cc2ccncc2cc1-c1ccc2nc(NC(=O)NCC=O)sc2c1. The number of fused-ring (bicyclic) bond motifs is 2. The van der Waals surface area contributed by atoms with E-state index in [0.717, 1.165) is 37.9 Å². The summed E-state index contributed by atoms with van der Waals surface area (Å²) < 4.78 is 6.52. The van der Waals surface area contributed by atoms with E-state index in [0.29, 0.717) is 11.4 Å². The zero-order valence-corrected chi connectivity index (χ0v) is 15.7. The number of benzene rings is 2. The summed E-state index contributed by atoms with van der Waals surface area (Å²) in [5, 5.41) is 7.60. The van der Waals surface area contributed by atoms with Gasteiger partial charge in [-0.3, -0.25) is 10.3 Å². The molecule has 4 aromatic rings. The molecule has 0 saturated carbocycles. The third-order valence-electron chi connectivity index (χ3n) is 4.22. The quantitative estimate of drug-likeness (QED) is 0.503. The standard InChI is InChI=1S/C20H16N4O3S/c1-27-17-9-12-4-5-21-11-14(12)8-15(17)13-2-3-16-18(10-13)28-20(23-16)24-19(26)22-6-7-25/h2-5,7-11H,6H2,1H3,(H2,22,23,24,26). The molecule has 4 rings (SSSR count). The number of hydrogen-bond acceptors (Lipinski definition) is 6. The maximum atomic E-state index is 11.7. The van der Waals surface area contributed by atoms with Gasteiger partial charge in [0.1, 0.15) is 12.0 Å². The molecule has 140 valence electrons. The highest BCUT2D eigenvalue weighted by molar-refractivity contribution is 7.22. The lowest BCUT2D eigenvalue weighted by Crippen LogP contribution is -2.29. The third-order valence-corrected chi connectivity index (χ3v) is 5.16. The number of hydrogen-bond donors (Lipinski definition) is 2. The van der Waals surface area contributed by atoms with Crippen molar-refractivity contribution < 1.29 is 14.3 Å². The van der Waals surface area contributed by atoms with Crippen molar-refractivity contribution in [3.05, 3.63) is 48.8 Å². The fraction of sp³-hybridized carbons (Fsp3) is 0.100. The van der Waals surface area contributed by atoms with Crippen molar-refractivity contribution in [1.82, 2.24) is 15.3 Å². The Morgan fingerprint density at radius 1 is 1.21 bits per heavy atom. The Bertz CT molecular complexity index is 1190. The minimum atomic E-state index is -0.463. The van der Waals surface area contributed by atoms with Crippen molar-refractivity contribution in [1.29, 1.82) is 0 Å². The van der Waals surface area contributed by atoms with E-state index in [1.54, 1.807) is 13.3 Å². The van der Waals surface area contributed by atoms with Crippen molar-refractivity contribution >= 4 is 49.8 Å². The first-order valence-corrected chi connectivity index (χ1v) is 9.31. The minimum Gasteiger partial charge on any atom is -0.496 e. The van der Waals surface area contributed by atoms with E-state index in [1.807, 2.05) is 36.5 Å². The van der Waals surface area contributed by atoms with E-state index in [4.69, 9.17) is 4.74 Å². The highest BCUT2D eigenvalue weighted by Gasteiger charge is 2.12. The van der Waals surface area contributed by atoms with Crippen LogP contribution in [0.1, 0.15) is 0 Å². The topological polar surface area (TPSA) is 93.2 Å². The van der Waals surface area contributed by atoms with Crippen molar-refractivity contribution in [3.63, 3.8) is 0 Å². The molecule has 0 aliphatic rings. The van der Waals surface area contributed by atoms with E-state index in [1.165, 1.54) is 11.3 Å². The molecule has 0 aliphatic heterocycles. The van der Waals surface area contributed by atoms with Crippen LogP contribution in [0.2, 0.25) is 0 Å². The molecule has 0 bridgehead atoms. The molecule has 0 aliphatic carbocycles. The largest absolute Gasteiger partial charge is 0.496 e. The lowest BCUT2D eigenvalue weighted by molar-refractivity contribution is -0.107. The molecule has 0 spiro atoms. The lowest BCUT2D eigenvalue weighted by Gasteiger charge is -2.10. The predicted molar refractivity (Wildman–Crippen MR) is 110 cm³/mol. The van der Waals surface area contributed by atoms with Crippen molar-refractivity contribution in [2.75, 3.05) is 19.0 Å². The molecular formula is C20H16N4O3S. The van der Waals surface area contributed by atoms with Crippen LogP contribution < -0.4 is 15.4 Å². The van der Waals surface area contributed by atoms with Gasteiger partial charge < -0.3 is 14.8 Å². The van der Waals surface area contributed by atoms with Crippen molar-refractivity contribution in [2.24, 2.45) is 0 Å². The number of anilines is 1. The number of carbonyl (C=O) groups is 2. The first-order valence-electron chi connectivity index (χ1n) is 8.49. The van der Waals surface area contributed by atoms with E-state index in [2.05, 4.69) is 26.7 Å². The number of ether oxygens (including phenoxy) is 1. The normalized spacial score (nSPS) is 10.8. The molecule has 0 atom stereocenters. The summed E-state index contributed by atoms with van der Waals surface area (Å²) in [5.74, 6) is 0.772. The number of thiazole rings is 1. The second-order valence-corrected chi connectivity index (χ2v) is 7.01. The Labute approximate surface area is 164 Å². The van der Waals surface area contributed by atoms with Gasteiger partial charge in [0.05, 0.1) is 23.9 Å². The van der Waals surface area contributed by atoms with Gasteiger partial charge in [0, 0.05) is 23.3 Å². The number of carbonyl (C=O) groups excluding carboxylic acids is 2. The smallest absolute Gasteiger partial charge is 0.321 e. The van der Waals surface area contributed by atoms with Gasteiger partial charge >= 0.3 is 6.03 Å². The Hall–Kier alpha value is -3.52. The Morgan fingerprint density at radius 2 is 2.11 bits per heavy atom. The maximum absolute atomic E-state index is 11.7. The monoisotopic (exact) mass is 392 g/mol. The minimum absolute atomic E-state index is 0.0442. The molecule has 2 aromatic carbocycles. The van der Waals surface area contributed by atoms with Crippen LogP contribution in [0.3, 0.4) is 0 Å². The molecule has 7 nitrogen and oxygen atoms in total. The molecule has 0 saturated heterocycles. The third kappa shape index (κ3) is 3.49. The number of methoxy groups -OCH3 is 1. The van der Waals surface area contributed by atoms with Gasteiger partial charge in [-0.2, -0.15) is 0 Å². The summed E-state index contributed by atoms with van der Waals surface area (Å²) in [6, 6.07) is 11.4. The van der Waals surface area contributed by atoms with E-state index in [-0.39, 0.29) is 6.54 Å². The van der Waals surface area contributed by atoms with Crippen LogP contribution in [-0.4, -0.2) is 35.9 Å². The van der Waals surface area contributed by atoms with Crippen molar-refractivity contribution in [2.45, 2.75) is 0 Å². The number of rotatable bonds is 5.